The van der Waals surface area contributed by atoms with E-state index in [4.69, 9.17) is 5.73 Å². The zero-order valence-corrected chi connectivity index (χ0v) is 17.9. The molecule has 1 amide bonds. The lowest BCUT2D eigenvalue weighted by molar-refractivity contribution is -0.154. The first-order valence-electron chi connectivity index (χ1n) is 10.6. The topological polar surface area (TPSA) is 182 Å². The van der Waals surface area contributed by atoms with E-state index in [-0.39, 0.29) is 5.57 Å². The number of Topliss-reactive ketones (excluding diaryl/α,β-unsaturated/α-hetero) is 2. The van der Waals surface area contributed by atoms with Crippen molar-refractivity contribution in [3.63, 3.8) is 0 Å². The molecule has 2 saturated carbocycles. The Morgan fingerprint density at radius 2 is 1.75 bits per heavy atom. The number of ketones is 2. The van der Waals surface area contributed by atoms with Crippen LogP contribution in [0.5, 0.6) is 0 Å². The monoisotopic (exact) mass is 448 g/mol. The van der Waals surface area contributed by atoms with Gasteiger partial charge in [-0.3, -0.25) is 19.3 Å². The van der Waals surface area contributed by atoms with Crippen LogP contribution in [0.2, 0.25) is 0 Å². The average molecular weight is 448 g/mol. The van der Waals surface area contributed by atoms with Gasteiger partial charge in [-0.15, -0.1) is 0 Å². The first-order valence-corrected chi connectivity index (χ1v) is 10.6. The molecule has 0 radical (unpaired) electrons. The Morgan fingerprint density at radius 1 is 1.12 bits per heavy atom. The molecule has 2 fully saturated rings. The number of carbonyl (C=O) groups excluding carboxylic acids is 3. The fraction of sp³-hybridized carbons (Fsp3) is 0.591. The van der Waals surface area contributed by atoms with Crippen molar-refractivity contribution >= 4 is 17.5 Å². The fourth-order valence-electron chi connectivity index (χ4n) is 6.27. The third-order valence-electron chi connectivity index (χ3n) is 7.68. The van der Waals surface area contributed by atoms with Crippen molar-refractivity contribution in [2.45, 2.75) is 43.1 Å². The summed E-state index contributed by atoms with van der Waals surface area (Å²) in [6.07, 6.45) is -0.999. The van der Waals surface area contributed by atoms with Crippen LogP contribution in [0.1, 0.15) is 19.3 Å². The number of nitrogens with zero attached hydrogens (tertiary/aromatic N) is 1. The Morgan fingerprint density at radius 3 is 2.31 bits per heavy atom. The van der Waals surface area contributed by atoms with E-state index >= 15 is 0 Å². The van der Waals surface area contributed by atoms with Gasteiger partial charge in [-0.2, -0.15) is 0 Å². The van der Waals surface area contributed by atoms with Crippen molar-refractivity contribution in [2.75, 3.05) is 14.1 Å². The molecular formula is C22H28N2O8. The number of hydrogen-bond donors (Lipinski definition) is 6. The molecule has 0 heterocycles. The van der Waals surface area contributed by atoms with Gasteiger partial charge in [0.1, 0.15) is 17.1 Å². The second-order valence-electron chi connectivity index (χ2n) is 9.45. The van der Waals surface area contributed by atoms with Crippen LogP contribution in [0.25, 0.3) is 0 Å². The number of amides is 1. The van der Waals surface area contributed by atoms with Gasteiger partial charge in [-0.1, -0.05) is 18.6 Å². The molecule has 0 saturated heterocycles. The molecule has 0 spiro atoms. The minimum absolute atomic E-state index is 0.370. The molecular weight excluding hydrogens is 420 g/mol. The number of primary amides is 1. The van der Waals surface area contributed by atoms with Gasteiger partial charge in [-0.25, -0.2) is 0 Å². The average Bonchev–Trinajstić information content (AvgIpc) is 2.70. The molecule has 32 heavy (non-hydrogen) atoms. The molecule has 0 aliphatic heterocycles. The Kier molecular flexibility index (Phi) is 5.13. The molecule has 4 rings (SSSR count). The standard InChI is InChI=1S/C22H28N2O8/c1-7-8-5-4-6-9(25)11(8)16(26)12-10(7)17(27)14-15(24(2)3)18(28)13(21(23)31)20(30)22(14,32)19(12)29/h8-11,14-15,17,25,27,29-30,32H,1,4-6H2,2-3H3,(H2,23,31). The molecule has 4 aliphatic carbocycles. The highest BCUT2D eigenvalue weighted by Gasteiger charge is 2.67. The zero-order valence-electron chi connectivity index (χ0n) is 17.9. The Labute approximate surface area is 184 Å². The van der Waals surface area contributed by atoms with E-state index in [2.05, 4.69) is 6.58 Å². The van der Waals surface area contributed by atoms with Gasteiger partial charge in [0.25, 0.3) is 5.91 Å². The van der Waals surface area contributed by atoms with Crippen molar-refractivity contribution in [1.29, 1.82) is 0 Å². The highest BCUT2D eigenvalue weighted by Crippen LogP contribution is 2.56. The van der Waals surface area contributed by atoms with E-state index in [0.29, 0.717) is 24.8 Å². The number of likely N-dealkylation sites (N-methyl/N-ethyl adjacent to an activating group) is 1. The summed E-state index contributed by atoms with van der Waals surface area (Å²) >= 11 is 0. The minimum atomic E-state index is -2.80. The number of carbonyl (C=O) groups is 3. The third kappa shape index (κ3) is 2.63. The summed E-state index contributed by atoms with van der Waals surface area (Å²) in [5.41, 5.74) is 1.61. The second-order valence-corrected chi connectivity index (χ2v) is 9.45. The Bertz CT molecular complexity index is 998. The summed E-state index contributed by atoms with van der Waals surface area (Å²) in [5, 5.41) is 55.4. The molecule has 0 aromatic rings. The van der Waals surface area contributed by atoms with Gasteiger partial charge in [-0.05, 0) is 32.9 Å². The van der Waals surface area contributed by atoms with Crippen molar-refractivity contribution in [3.8, 4) is 0 Å². The van der Waals surface area contributed by atoms with Crippen molar-refractivity contribution in [3.05, 3.63) is 34.8 Å². The van der Waals surface area contributed by atoms with Crippen molar-refractivity contribution in [1.82, 2.24) is 4.90 Å². The summed E-state index contributed by atoms with van der Waals surface area (Å²) in [6.45, 7) is 4.05. The van der Waals surface area contributed by atoms with Gasteiger partial charge in [0, 0.05) is 11.5 Å². The van der Waals surface area contributed by atoms with Crippen LogP contribution in [0.15, 0.2) is 34.8 Å². The molecule has 10 nitrogen and oxygen atoms in total. The quantitative estimate of drug-likeness (QED) is 0.225. The highest BCUT2D eigenvalue weighted by molar-refractivity contribution is 6.22. The first kappa shape index (κ1) is 22.7. The maximum atomic E-state index is 13.4. The van der Waals surface area contributed by atoms with Gasteiger partial charge in [0.15, 0.2) is 17.2 Å². The lowest BCUT2D eigenvalue weighted by Crippen LogP contribution is -2.68. The molecule has 4 aliphatic rings. The summed E-state index contributed by atoms with van der Waals surface area (Å²) in [5.74, 6) is -9.03. The SMILES string of the molecule is C=C1C2CCCC(O)C2C(=O)C2=C(O)C3(O)C(O)=C(C(N)=O)C(=O)C(N(C)C)C3C(O)C12. The number of fused-ring (bicyclic) bond motifs is 3. The molecule has 7 N–H and O–H groups in total. The molecule has 8 unspecified atom stereocenters. The summed E-state index contributed by atoms with van der Waals surface area (Å²) in [4.78, 5) is 39.8. The number of hydrogen-bond acceptors (Lipinski definition) is 9. The van der Waals surface area contributed by atoms with Crippen LogP contribution in [-0.2, 0) is 14.4 Å². The van der Waals surface area contributed by atoms with E-state index in [9.17, 15) is 39.9 Å². The summed E-state index contributed by atoms with van der Waals surface area (Å²) in [7, 11) is 2.95. The molecule has 0 aromatic heterocycles. The van der Waals surface area contributed by atoms with Gasteiger partial charge in [0.05, 0.1) is 30.1 Å². The number of nitrogens with two attached hydrogens (primary N) is 1. The van der Waals surface area contributed by atoms with E-state index in [1.54, 1.807) is 0 Å². The summed E-state index contributed by atoms with van der Waals surface area (Å²) < 4.78 is 0. The van der Waals surface area contributed by atoms with Crippen LogP contribution in [-0.4, -0.2) is 85.9 Å². The molecule has 8 atom stereocenters. The van der Waals surface area contributed by atoms with Gasteiger partial charge in [0.2, 0.25) is 0 Å². The lowest BCUT2D eigenvalue weighted by Gasteiger charge is -2.55. The van der Waals surface area contributed by atoms with E-state index in [1.807, 2.05) is 0 Å². The minimum Gasteiger partial charge on any atom is -0.508 e. The normalized spacial score (nSPS) is 42.1. The number of aliphatic hydroxyl groups excluding tert-OH is 4. The fourth-order valence-corrected chi connectivity index (χ4v) is 6.27. The second kappa shape index (κ2) is 7.24. The smallest absolute Gasteiger partial charge is 0.255 e. The van der Waals surface area contributed by atoms with E-state index < -0.39 is 82.1 Å². The van der Waals surface area contributed by atoms with Gasteiger partial charge < -0.3 is 31.3 Å². The molecule has 0 aromatic carbocycles. The highest BCUT2D eigenvalue weighted by atomic mass is 16.4. The van der Waals surface area contributed by atoms with Crippen LogP contribution in [0, 0.1) is 23.7 Å². The number of aliphatic hydroxyl groups is 5. The van der Waals surface area contributed by atoms with Crippen LogP contribution in [0.4, 0.5) is 0 Å². The van der Waals surface area contributed by atoms with Gasteiger partial charge >= 0.3 is 0 Å². The Hall–Kier alpha value is -2.53. The van der Waals surface area contributed by atoms with Crippen LogP contribution < -0.4 is 5.73 Å². The summed E-state index contributed by atoms with van der Waals surface area (Å²) in [6, 6.07) is -1.34. The van der Waals surface area contributed by atoms with Crippen molar-refractivity contribution in [2.24, 2.45) is 29.4 Å². The predicted octanol–water partition coefficient (Wildman–Crippen LogP) is -1.14. The zero-order chi connectivity index (χ0) is 23.9. The van der Waals surface area contributed by atoms with E-state index in [0.717, 1.165) is 0 Å². The lowest BCUT2D eigenvalue weighted by atomic mass is 9.52. The van der Waals surface area contributed by atoms with Crippen molar-refractivity contribution < 1.29 is 39.9 Å². The third-order valence-corrected chi connectivity index (χ3v) is 7.68. The van der Waals surface area contributed by atoms with Crippen LogP contribution in [0.3, 0.4) is 0 Å². The molecule has 174 valence electrons. The van der Waals surface area contributed by atoms with Crippen LogP contribution >= 0.6 is 0 Å². The maximum Gasteiger partial charge on any atom is 0.255 e. The first-order chi connectivity index (χ1) is 14.9. The Balaban J connectivity index is 2.02. The predicted molar refractivity (Wildman–Crippen MR) is 110 cm³/mol. The largest absolute Gasteiger partial charge is 0.508 e. The van der Waals surface area contributed by atoms with E-state index in [1.165, 1.54) is 19.0 Å². The molecule has 0 bridgehead atoms. The number of rotatable bonds is 2. The maximum absolute atomic E-state index is 13.4. The molecule has 10 heteroatoms.